The van der Waals surface area contributed by atoms with Crippen LogP contribution in [-0.4, -0.2) is 47.9 Å². The fourth-order valence-electron chi connectivity index (χ4n) is 2.52. The Morgan fingerprint density at radius 1 is 1.22 bits per heavy atom. The Labute approximate surface area is 141 Å². The second-order valence-electron chi connectivity index (χ2n) is 5.36. The second kappa shape index (κ2) is 8.13. The first-order chi connectivity index (χ1) is 11.0. The molecule has 1 aliphatic heterocycles. The minimum atomic E-state index is -0.196. The third kappa shape index (κ3) is 4.56. The molecule has 0 bridgehead atoms. The number of rotatable bonds is 5. The molecule has 0 saturated carbocycles. The van der Waals surface area contributed by atoms with Crippen molar-refractivity contribution in [2.24, 2.45) is 0 Å². The number of benzene rings is 1. The van der Waals surface area contributed by atoms with Crippen LogP contribution in [-0.2, 0) is 4.79 Å². The van der Waals surface area contributed by atoms with Gasteiger partial charge < -0.3 is 4.90 Å². The Bertz CT molecular complexity index is 594. The van der Waals surface area contributed by atoms with E-state index < -0.39 is 0 Å². The van der Waals surface area contributed by atoms with Crippen molar-refractivity contribution in [3.63, 3.8) is 0 Å². The van der Waals surface area contributed by atoms with Crippen molar-refractivity contribution in [3.8, 4) is 0 Å². The molecule has 0 radical (unpaired) electrons. The highest BCUT2D eigenvalue weighted by atomic mass is 35.5. The summed E-state index contributed by atoms with van der Waals surface area (Å²) in [6.45, 7) is 6.41. The lowest BCUT2D eigenvalue weighted by molar-refractivity contribution is -0.127. The van der Waals surface area contributed by atoms with Gasteiger partial charge in [-0.25, -0.2) is 5.01 Å². The average Bonchev–Trinajstić information content (AvgIpc) is 2.56. The van der Waals surface area contributed by atoms with Crippen LogP contribution in [0, 0.1) is 0 Å². The molecule has 1 aromatic carbocycles. The number of hydrogen-bond donors (Lipinski definition) is 1. The van der Waals surface area contributed by atoms with E-state index in [4.69, 9.17) is 11.6 Å². The first kappa shape index (κ1) is 17.5. The van der Waals surface area contributed by atoms with Crippen LogP contribution < -0.4 is 5.43 Å². The smallest absolute Gasteiger partial charge is 0.265 e. The Hall–Kier alpha value is -1.85. The first-order valence-electron chi connectivity index (χ1n) is 7.85. The van der Waals surface area contributed by atoms with E-state index in [2.05, 4.69) is 5.43 Å². The quantitative estimate of drug-likeness (QED) is 0.899. The van der Waals surface area contributed by atoms with Crippen LogP contribution in [0.2, 0.25) is 5.02 Å². The van der Waals surface area contributed by atoms with Gasteiger partial charge in [0.05, 0.1) is 0 Å². The van der Waals surface area contributed by atoms with Crippen LogP contribution in [0.4, 0.5) is 0 Å². The number of hydrazine groups is 1. The van der Waals surface area contributed by atoms with Gasteiger partial charge in [0.15, 0.2) is 0 Å². The summed E-state index contributed by atoms with van der Waals surface area (Å²) in [5, 5.41) is 2.38. The Morgan fingerprint density at radius 2 is 1.87 bits per heavy atom. The molecular formula is C17H22ClN3O2. The minimum Gasteiger partial charge on any atom is -0.339 e. The van der Waals surface area contributed by atoms with Gasteiger partial charge >= 0.3 is 0 Å². The molecule has 0 aliphatic carbocycles. The molecule has 6 heteroatoms. The van der Waals surface area contributed by atoms with Crippen LogP contribution in [0.15, 0.2) is 35.9 Å². The number of carbonyl (C=O) groups is 2. The lowest BCUT2D eigenvalue weighted by Crippen LogP contribution is -2.47. The highest BCUT2D eigenvalue weighted by molar-refractivity contribution is 6.30. The molecule has 1 N–H and O–H groups in total. The zero-order valence-corrected chi connectivity index (χ0v) is 14.3. The van der Waals surface area contributed by atoms with E-state index >= 15 is 0 Å². The van der Waals surface area contributed by atoms with Crippen molar-refractivity contribution in [3.05, 3.63) is 46.5 Å². The van der Waals surface area contributed by atoms with Gasteiger partial charge in [-0.1, -0.05) is 17.7 Å². The minimum absolute atomic E-state index is 0.0421. The maximum atomic E-state index is 12.4. The summed E-state index contributed by atoms with van der Waals surface area (Å²) in [7, 11) is 0. The lowest BCUT2D eigenvalue weighted by Gasteiger charge is -2.29. The number of hydrogen-bond acceptors (Lipinski definition) is 3. The molecule has 2 rings (SSSR count). The van der Waals surface area contributed by atoms with Gasteiger partial charge in [-0.2, -0.15) is 0 Å². The summed E-state index contributed by atoms with van der Waals surface area (Å²) in [5.74, 6) is -0.154. The molecule has 0 unspecified atom stereocenters. The molecule has 23 heavy (non-hydrogen) atoms. The standard InChI is InChI=1S/C17H22ClN3O2/c1-3-20(4-2)17(23)14-6-5-11-21(12-14)19-16(22)13-7-9-15(18)10-8-13/h6-10H,3-5,11-12H2,1-2H3,(H,19,22). The average molecular weight is 336 g/mol. The third-order valence-electron chi connectivity index (χ3n) is 3.84. The van der Waals surface area contributed by atoms with Crippen molar-refractivity contribution in [2.75, 3.05) is 26.2 Å². The summed E-state index contributed by atoms with van der Waals surface area (Å²) < 4.78 is 0. The molecule has 0 fully saturated rings. The van der Waals surface area contributed by atoms with Crippen LogP contribution >= 0.6 is 11.6 Å². The van der Waals surface area contributed by atoms with Crippen molar-refractivity contribution in [1.29, 1.82) is 0 Å². The normalized spacial score (nSPS) is 15.0. The topological polar surface area (TPSA) is 52.7 Å². The van der Waals surface area contributed by atoms with Crippen LogP contribution in [0.5, 0.6) is 0 Å². The molecule has 1 aromatic rings. The number of carbonyl (C=O) groups excluding carboxylic acids is 2. The van der Waals surface area contributed by atoms with Crippen molar-refractivity contribution >= 4 is 23.4 Å². The van der Waals surface area contributed by atoms with E-state index in [1.54, 1.807) is 34.2 Å². The fraction of sp³-hybridized carbons (Fsp3) is 0.412. The van der Waals surface area contributed by atoms with Gasteiger partial charge in [0.25, 0.3) is 11.8 Å². The summed E-state index contributed by atoms with van der Waals surface area (Å²) in [6, 6.07) is 6.72. The number of halogens is 1. The molecule has 0 aromatic heterocycles. The van der Waals surface area contributed by atoms with E-state index in [1.807, 2.05) is 19.9 Å². The van der Waals surface area contributed by atoms with E-state index in [9.17, 15) is 9.59 Å². The summed E-state index contributed by atoms with van der Waals surface area (Å²) in [4.78, 5) is 26.4. The largest absolute Gasteiger partial charge is 0.339 e. The summed E-state index contributed by atoms with van der Waals surface area (Å²) >= 11 is 5.83. The summed E-state index contributed by atoms with van der Waals surface area (Å²) in [6.07, 6.45) is 2.70. The van der Waals surface area contributed by atoms with Gasteiger partial charge in [-0.15, -0.1) is 0 Å². The molecule has 0 saturated heterocycles. The van der Waals surface area contributed by atoms with E-state index in [1.165, 1.54) is 0 Å². The predicted molar refractivity (Wildman–Crippen MR) is 91.1 cm³/mol. The van der Waals surface area contributed by atoms with Gasteiger partial charge in [0.1, 0.15) is 0 Å². The van der Waals surface area contributed by atoms with Crippen LogP contribution in [0.25, 0.3) is 0 Å². The third-order valence-corrected chi connectivity index (χ3v) is 4.09. The zero-order chi connectivity index (χ0) is 16.8. The Morgan fingerprint density at radius 3 is 2.48 bits per heavy atom. The highest BCUT2D eigenvalue weighted by Crippen LogP contribution is 2.13. The van der Waals surface area contributed by atoms with Crippen molar-refractivity contribution in [1.82, 2.24) is 15.3 Å². The van der Waals surface area contributed by atoms with E-state index in [0.717, 1.165) is 12.0 Å². The number of nitrogens with zero attached hydrogens (tertiary/aromatic N) is 2. The summed E-state index contributed by atoms with van der Waals surface area (Å²) in [5.41, 5.74) is 4.13. The number of amides is 2. The van der Waals surface area contributed by atoms with Crippen LogP contribution in [0.3, 0.4) is 0 Å². The van der Waals surface area contributed by atoms with E-state index in [0.29, 0.717) is 36.8 Å². The van der Waals surface area contributed by atoms with Gasteiger partial charge in [0.2, 0.25) is 0 Å². The maximum absolute atomic E-state index is 12.4. The molecular weight excluding hydrogens is 314 g/mol. The first-order valence-corrected chi connectivity index (χ1v) is 8.22. The van der Waals surface area contributed by atoms with Crippen molar-refractivity contribution in [2.45, 2.75) is 20.3 Å². The molecule has 2 amide bonds. The van der Waals surface area contributed by atoms with Gasteiger partial charge in [0, 0.05) is 42.3 Å². The van der Waals surface area contributed by atoms with Crippen LogP contribution in [0.1, 0.15) is 30.6 Å². The molecule has 1 heterocycles. The predicted octanol–water partition coefficient (Wildman–Crippen LogP) is 2.49. The molecule has 124 valence electrons. The maximum Gasteiger partial charge on any atom is 0.265 e. The number of nitrogens with one attached hydrogen (secondary N) is 1. The lowest BCUT2D eigenvalue weighted by atomic mass is 10.1. The molecule has 0 spiro atoms. The Balaban J connectivity index is 1.97. The molecule has 0 atom stereocenters. The van der Waals surface area contributed by atoms with Gasteiger partial charge in [-0.05, 0) is 44.5 Å². The van der Waals surface area contributed by atoms with E-state index in [-0.39, 0.29) is 11.8 Å². The number of likely N-dealkylation sites (N-methyl/N-ethyl adjacent to an activating group) is 1. The molecule has 1 aliphatic rings. The van der Waals surface area contributed by atoms with Crippen molar-refractivity contribution < 1.29 is 9.59 Å². The zero-order valence-electron chi connectivity index (χ0n) is 13.5. The monoisotopic (exact) mass is 335 g/mol. The highest BCUT2D eigenvalue weighted by Gasteiger charge is 2.22. The Kier molecular flexibility index (Phi) is 6.19. The fourth-order valence-corrected chi connectivity index (χ4v) is 2.64. The SMILES string of the molecule is CCN(CC)C(=O)C1=CCCN(NC(=O)c2ccc(Cl)cc2)C1. The molecule has 5 nitrogen and oxygen atoms in total. The second-order valence-corrected chi connectivity index (χ2v) is 5.80. The van der Waals surface area contributed by atoms with Gasteiger partial charge in [-0.3, -0.25) is 15.0 Å².